The molecule has 118 valence electrons. The zero-order chi connectivity index (χ0) is 15.5. The van der Waals surface area contributed by atoms with Crippen LogP contribution >= 0.6 is 23.2 Å². The Morgan fingerprint density at radius 1 is 1.32 bits per heavy atom. The lowest BCUT2D eigenvalue weighted by molar-refractivity contribution is 0.186. The second-order valence-corrected chi connectivity index (χ2v) is 6.43. The molecule has 2 aromatic rings. The number of likely N-dealkylation sites (N-methyl/N-ethyl adjacent to an activating group) is 1. The van der Waals surface area contributed by atoms with Crippen molar-refractivity contribution in [1.29, 1.82) is 0 Å². The topological polar surface area (TPSA) is 46.0 Å². The molecule has 1 atom stereocenters. The molecule has 0 amide bonds. The molecule has 1 fully saturated rings. The van der Waals surface area contributed by atoms with E-state index in [0.717, 1.165) is 31.0 Å². The van der Waals surface area contributed by atoms with Crippen molar-refractivity contribution >= 4 is 23.2 Å². The van der Waals surface area contributed by atoms with Gasteiger partial charge < -0.3 is 5.32 Å². The van der Waals surface area contributed by atoms with Gasteiger partial charge in [0.2, 0.25) is 0 Å². The molecule has 7 heteroatoms. The molecule has 1 aromatic heterocycles. The minimum atomic E-state index is 0.518. The minimum absolute atomic E-state index is 0.518. The van der Waals surface area contributed by atoms with Crippen molar-refractivity contribution in [3.8, 4) is 5.69 Å². The molecule has 1 aliphatic heterocycles. The number of hydrogen-bond acceptors (Lipinski definition) is 4. The van der Waals surface area contributed by atoms with Crippen molar-refractivity contribution in [3.05, 3.63) is 40.1 Å². The van der Waals surface area contributed by atoms with E-state index in [1.165, 1.54) is 12.8 Å². The summed E-state index contributed by atoms with van der Waals surface area (Å²) in [5.74, 6) is 0. The van der Waals surface area contributed by atoms with Crippen LogP contribution in [0.5, 0.6) is 0 Å². The average Bonchev–Trinajstić information content (AvgIpc) is 2.98. The van der Waals surface area contributed by atoms with Crippen LogP contribution in [0, 0.1) is 0 Å². The molecule has 1 aliphatic rings. The molecule has 1 aromatic carbocycles. The number of nitrogens with one attached hydrogen (secondary N) is 1. The van der Waals surface area contributed by atoms with Crippen LogP contribution in [0.1, 0.15) is 18.5 Å². The Balaban J connectivity index is 1.69. The molecule has 22 heavy (non-hydrogen) atoms. The van der Waals surface area contributed by atoms with Crippen LogP contribution in [0.25, 0.3) is 5.69 Å². The number of benzene rings is 1. The first-order valence-electron chi connectivity index (χ1n) is 7.42. The Labute approximate surface area is 140 Å². The summed E-state index contributed by atoms with van der Waals surface area (Å²) in [5, 5.41) is 12.9. The molecule has 0 saturated carbocycles. The summed E-state index contributed by atoms with van der Waals surface area (Å²) in [6, 6.07) is 6.01. The number of hydrogen-bond donors (Lipinski definition) is 1. The van der Waals surface area contributed by atoms with E-state index in [-0.39, 0.29) is 0 Å². The third kappa shape index (κ3) is 3.60. The van der Waals surface area contributed by atoms with Gasteiger partial charge in [0.25, 0.3) is 0 Å². The maximum absolute atomic E-state index is 6.05. The Morgan fingerprint density at radius 2 is 2.18 bits per heavy atom. The quantitative estimate of drug-likeness (QED) is 0.930. The van der Waals surface area contributed by atoms with Gasteiger partial charge in [-0.2, -0.15) is 0 Å². The van der Waals surface area contributed by atoms with Crippen LogP contribution in [0.2, 0.25) is 10.0 Å². The second-order valence-electron chi connectivity index (χ2n) is 5.62. The molecule has 2 heterocycles. The van der Waals surface area contributed by atoms with Gasteiger partial charge in [-0.15, -0.1) is 5.10 Å². The third-order valence-corrected chi connectivity index (χ3v) is 4.75. The lowest BCUT2D eigenvalue weighted by Gasteiger charge is -2.31. The summed E-state index contributed by atoms with van der Waals surface area (Å²) in [6.45, 7) is 2.98. The lowest BCUT2D eigenvalue weighted by Crippen LogP contribution is -2.43. The lowest BCUT2D eigenvalue weighted by atomic mass is 10.1. The minimum Gasteiger partial charge on any atom is -0.316 e. The molecule has 0 bridgehead atoms. The highest BCUT2D eigenvalue weighted by Gasteiger charge is 2.19. The molecule has 0 spiro atoms. The number of aromatic nitrogens is 3. The van der Waals surface area contributed by atoms with Crippen LogP contribution in [-0.2, 0) is 6.54 Å². The maximum Gasteiger partial charge on any atom is 0.0971 e. The first kappa shape index (κ1) is 15.7. The van der Waals surface area contributed by atoms with Gasteiger partial charge >= 0.3 is 0 Å². The van der Waals surface area contributed by atoms with Gasteiger partial charge in [-0.05, 0) is 44.6 Å². The molecule has 1 saturated heterocycles. The van der Waals surface area contributed by atoms with E-state index in [0.29, 0.717) is 16.1 Å². The normalized spacial score (nSPS) is 19.5. The Hall–Kier alpha value is -1.14. The Kier molecular flexibility index (Phi) is 4.98. The van der Waals surface area contributed by atoms with E-state index < -0.39 is 0 Å². The summed E-state index contributed by atoms with van der Waals surface area (Å²) in [5.41, 5.74) is 1.82. The molecule has 5 nitrogen and oxygen atoms in total. The fourth-order valence-electron chi connectivity index (χ4n) is 2.79. The van der Waals surface area contributed by atoms with Crippen LogP contribution in [0.3, 0.4) is 0 Å². The van der Waals surface area contributed by atoms with Gasteiger partial charge in [-0.3, -0.25) is 4.90 Å². The van der Waals surface area contributed by atoms with E-state index in [4.69, 9.17) is 23.2 Å². The van der Waals surface area contributed by atoms with Gasteiger partial charge in [-0.25, -0.2) is 4.68 Å². The monoisotopic (exact) mass is 339 g/mol. The summed E-state index contributed by atoms with van der Waals surface area (Å²) in [6.07, 6.45) is 4.40. The predicted octanol–water partition coefficient (Wildman–Crippen LogP) is 2.76. The van der Waals surface area contributed by atoms with Crippen LogP contribution in [-0.4, -0.2) is 46.1 Å². The molecule has 1 N–H and O–H groups in total. The third-order valence-electron chi connectivity index (χ3n) is 4.01. The van der Waals surface area contributed by atoms with E-state index in [1.807, 2.05) is 19.3 Å². The predicted molar refractivity (Wildman–Crippen MR) is 88.7 cm³/mol. The number of nitrogens with zero attached hydrogens (tertiary/aromatic N) is 4. The van der Waals surface area contributed by atoms with Gasteiger partial charge in [-0.1, -0.05) is 28.4 Å². The van der Waals surface area contributed by atoms with Crippen molar-refractivity contribution in [2.24, 2.45) is 0 Å². The van der Waals surface area contributed by atoms with Crippen LogP contribution in [0.15, 0.2) is 24.4 Å². The van der Waals surface area contributed by atoms with Gasteiger partial charge in [0, 0.05) is 19.1 Å². The molecule has 0 aliphatic carbocycles. The number of rotatable bonds is 4. The highest BCUT2D eigenvalue weighted by Crippen LogP contribution is 2.24. The number of likely N-dealkylation sites (tertiary alicyclic amines) is 1. The highest BCUT2D eigenvalue weighted by atomic mass is 35.5. The van der Waals surface area contributed by atoms with Gasteiger partial charge in [0.15, 0.2) is 0 Å². The van der Waals surface area contributed by atoms with E-state index >= 15 is 0 Å². The summed E-state index contributed by atoms with van der Waals surface area (Å²) < 4.78 is 1.73. The van der Waals surface area contributed by atoms with Gasteiger partial charge in [0.1, 0.15) is 0 Å². The van der Waals surface area contributed by atoms with Crippen molar-refractivity contribution < 1.29 is 0 Å². The fraction of sp³-hybridized carbons (Fsp3) is 0.467. The van der Waals surface area contributed by atoms with Crippen molar-refractivity contribution in [2.75, 3.05) is 20.1 Å². The fourth-order valence-corrected chi connectivity index (χ4v) is 3.08. The second kappa shape index (κ2) is 6.96. The summed E-state index contributed by atoms with van der Waals surface area (Å²) >= 11 is 12.0. The standard InChI is InChI=1S/C15H19Cl2N5/c1-18-11-3-2-6-21(8-11)9-12-10-22(20-19-12)13-4-5-14(16)15(17)7-13/h4-5,7,10-11,18H,2-3,6,8-9H2,1H3. The molecule has 3 rings (SSSR count). The highest BCUT2D eigenvalue weighted by molar-refractivity contribution is 6.42. The van der Waals surface area contributed by atoms with Crippen molar-refractivity contribution in [1.82, 2.24) is 25.2 Å². The molecule has 0 radical (unpaired) electrons. The van der Waals surface area contributed by atoms with E-state index in [2.05, 4.69) is 20.5 Å². The maximum atomic E-state index is 6.05. The van der Waals surface area contributed by atoms with Crippen molar-refractivity contribution in [3.63, 3.8) is 0 Å². The van der Waals surface area contributed by atoms with Gasteiger partial charge in [0.05, 0.1) is 27.6 Å². The smallest absolute Gasteiger partial charge is 0.0971 e. The molecular weight excluding hydrogens is 321 g/mol. The summed E-state index contributed by atoms with van der Waals surface area (Å²) in [4.78, 5) is 2.41. The van der Waals surface area contributed by atoms with Crippen molar-refractivity contribution in [2.45, 2.75) is 25.4 Å². The number of piperidine rings is 1. The zero-order valence-electron chi connectivity index (χ0n) is 12.5. The van der Waals surface area contributed by atoms with E-state index in [9.17, 15) is 0 Å². The van der Waals surface area contributed by atoms with E-state index in [1.54, 1.807) is 16.8 Å². The van der Waals surface area contributed by atoms with Crippen LogP contribution < -0.4 is 5.32 Å². The number of halogens is 2. The average molecular weight is 340 g/mol. The van der Waals surface area contributed by atoms with Crippen LogP contribution in [0.4, 0.5) is 0 Å². The largest absolute Gasteiger partial charge is 0.316 e. The SMILES string of the molecule is CNC1CCCN(Cc2cn(-c3ccc(Cl)c(Cl)c3)nn2)C1. The Morgan fingerprint density at radius 3 is 2.95 bits per heavy atom. The molecular formula is C15H19Cl2N5. The molecule has 1 unspecified atom stereocenters. The summed E-state index contributed by atoms with van der Waals surface area (Å²) in [7, 11) is 2.02. The Bertz CT molecular complexity index is 643. The first-order chi connectivity index (χ1) is 10.7. The first-order valence-corrected chi connectivity index (χ1v) is 8.17. The zero-order valence-corrected chi connectivity index (χ0v) is 14.0.